The van der Waals surface area contributed by atoms with Crippen molar-refractivity contribution in [3.63, 3.8) is 0 Å². The Morgan fingerprint density at radius 2 is 1.28 bits per heavy atom. The summed E-state index contributed by atoms with van der Waals surface area (Å²) in [6.07, 6.45) is 0. The van der Waals surface area contributed by atoms with E-state index in [9.17, 15) is 9.59 Å². The van der Waals surface area contributed by atoms with Crippen LogP contribution in [0.4, 0.5) is 0 Å². The van der Waals surface area contributed by atoms with Crippen molar-refractivity contribution in [3.8, 4) is 23.0 Å². The van der Waals surface area contributed by atoms with Crippen LogP contribution in [0.25, 0.3) is 0 Å². The average Bonchev–Trinajstić information content (AvgIpc) is 2.66. The fourth-order valence-electron chi connectivity index (χ4n) is 2.13. The highest BCUT2D eigenvalue weighted by Crippen LogP contribution is 2.35. The van der Waals surface area contributed by atoms with Crippen LogP contribution in [0.3, 0.4) is 0 Å². The first-order valence-corrected chi connectivity index (χ1v) is 7.24. The van der Waals surface area contributed by atoms with E-state index in [0.29, 0.717) is 17.1 Å². The molecule has 0 radical (unpaired) electrons. The van der Waals surface area contributed by atoms with Gasteiger partial charge >= 0.3 is 11.9 Å². The molecule has 2 rings (SSSR count). The fraction of sp³-hybridized carbons (Fsp3) is 0.222. The van der Waals surface area contributed by atoms with E-state index in [1.165, 1.54) is 64.8 Å². The van der Waals surface area contributed by atoms with Crippen molar-refractivity contribution in [1.82, 2.24) is 0 Å². The zero-order valence-corrected chi connectivity index (χ0v) is 14.3. The van der Waals surface area contributed by atoms with Gasteiger partial charge in [0.05, 0.1) is 34.0 Å². The van der Waals surface area contributed by atoms with Crippen LogP contribution in [0.1, 0.15) is 20.7 Å². The third-order valence-corrected chi connectivity index (χ3v) is 3.41. The lowest BCUT2D eigenvalue weighted by Crippen LogP contribution is -2.11. The maximum absolute atomic E-state index is 12.4. The first-order valence-electron chi connectivity index (χ1n) is 7.24. The predicted octanol–water partition coefficient (Wildman–Crippen LogP) is 2.72. The molecule has 7 heteroatoms. The average molecular weight is 346 g/mol. The number of ether oxygens (including phenoxy) is 5. The Morgan fingerprint density at radius 3 is 1.80 bits per heavy atom. The highest BCUT2D eigenvalue weighted by molar-refractivity contribution is 5.95. The molecule has 0 saturated heterocycles. The van der Waals surface area contributed by atoms with Crippen LogP contribution in [-0.4, -0.2) is 40.4 Å². The molecule has 0 N–H and O–H groups in total. The lowest BCUT2D eigenvalue weighted by molar-refractivity contribution is 0.0600. The van der Waals surface area contributed by atoms with Crippen LogP contribution in [-0.2, 0) is 4.74 Å². The molecule has 0 aromatic heterocycles. The topological polar surface area (TPSA) is 80.3 Å². The Balaban J connectivity index is 2.27. The smallest absolute Gasteiger partial charge is 0.347 e. The molecule has 2 aromatic carbocycles. The number of rotatable bonds is 6. The minimum Gasteiger partial charge on any atom is -0.496 e. The molecular formula is C18H18O7. The van der Waals surface area contributed by atoms with Crippen molar-refractivity contribution in [1.29, 1.82) is 0 Å². The lowest BCUT2D eigenvalue weighted by Gasteiger charge is -2.13. The number of esters is 2. The van der Waals surface area contributed by atoms with Crippen LogP contribution in [0.15, 0.2) is 36.4 Å². The summed E-state index contributed by atoms with van der Waals surface area (Å²) in [5.74, 6) is 0.251. The summed E-state index contributed by atoms with van der Waals surface area (Å²) >= 11 is 0. The Morgan fingerprint density at radius 1 is 0.720 bits per heavy atom. The molecule has 0 amide bonds. The van der Waals surface area contributed by atoms with Gasteiger partial charge in [-0.3, -0.25) is 0 Å². The van der Waals surface area contributed by atoms with Gasteiger partial charge in [-0.05, 0) is 24.3 Å². The van der Waals surface area contributed by atoms with Gasteiger partial charge in [-0.15, -0.1) is 0 Å². The van der Waals surface area contributed by atoms with Gasteiger partial charge in [0.15, 0.2) is 11.5 Å². The monoisotopic (exact) mass is 346 g/mol. The lowest BCUT2D eigenvalue weighted by atomic mass is 10.1. The molecule has 0 unspecified atom stereocenters. The minimum absolute atomic E-state index is 0.178. The van der Waals surface area contributed by atoms with E-state index in [1.54, 1.807) is 0 Å². The van der Waals surface area contributed by atoms with Gasteiger partial charge in [0, 0.05) is 12.1 Å². The summed E-state index contributed by atoms with van der Waals surface area (Å²) in [4.78, 5) is 23.9. The zero-order valence-electron chi connectivity index (χ0n) is 14.3. The maximum Gasteiger partial charge on any atom is 0.347 e. The molecule has 0 spiro atoms. The van der Waals surface area contributed by atoms with Gasteiger partial charge in [-0.25, -0.2) is 9.59 Å². The van der Waals surface area contributed by atoms with Gasteiger partial charge in [0.1, 0.15) is 17.1 Å². The SMILES string of the molecule is COC(=O)c1ccc(OC(=O)c2cc(OC)c(OC)cc2OC)cc1. The maximum atomic E-state index is 12.4. The molecule has 132 valence electrons. The van der Waals surface area contributed by atoms with E-state index in [1.807, 2.05) is 0 Å². The van der Waals surface area contributed by atoms with Gasteiger partial charge in [0.2, 0.25) is 0 Å². The molecule has 0 bridgehead atoms. The van der Waals surface area contributed by atoms with E-state index in [4.69, 9.17) is 18.9 Å². The van der Waals surface area contributed by atoms with Gasteiger partial charge in [-0.2, -0.15) is 0 Å². The molecule has 0 aliphatic heterocycles. The molecule has 2 aromatic rings. The van der Waals surface area contributed by atoms with Crippen molar-refractivity contribution >= 4 is 11.9 Å². The van der Waals surface area contributed by atoms with Crippen LogP contribution in [0.2, 0.25) is 0 Å². The molecule has 0 atom stereocenters. The molecule has 0 saturated carbocycles. The molecule has 7 nitrogen and oxygen atoms in total. The van der Waals surface area contributed by atoms with Crippen molar-refractivity contribution in [2.75, 3.05) is 28.4 Å². The summed E-state index contributed by atoms with van der Waals surface area (Å²) in [5.41, 5.74) is 0.531. The van der Waals surface area contributed by atoms with Gasteiger partial charge in [0.25, 0.3) is 0 Å². The van der Waals surface area contributed by atoms with E-state index in [0.717, 1.165) is 0 Å². The molecule has 0 aliphatic carbocycles. The summed E-state index contributed by atoms with van der Waals surface area (Å²) in [5, 5.41) is 0. The normalized spacial score (nSPS) is 9.92. The molecule has 0 fully saturated rings. The largest absolute Gasteiger partial charge is 0.496 e. The Kier molecular flexibility index (Phi) is 5.84. The van der Waals surface area contributed by atoms with E-state index < -0.39 is 11.9 Å². The quantitative estimate of drug-likeness (QED) is 0.587. The highest BCUT2D eigenvalue weighted by Gasteiger charge is 2.19. The second-order valence-corrected chi connectivity index (χ2v) is 4.81. The van der Waals surface area contributed by atoms with Gasteiger partial charge < -0.3 is 23.7 Å². The summed E-state index contributed by atoms with van der Waals surface area (Å²) < 4.78 is 25.5. The third-order valence-electron chi connectivity index (χ3n) is 3.41. The minimum atomic E-state index is -0.636. The van der Waals surface area contributed by atoms with E-state index >= 15 is 0 Å². The summed E-state index contributed by atoms with van der Waals surface area (Å²) in [6, 6.07) is 9.01. The second-order valence-electron chi connectivity index (χ2n) is 4.81. The van der Waals surface area contributed by atoms with Crippen LogP contribution in [0, 0.1) is 0 Å². The Labute approximate surface area is 145 Å². The molecule has 0 heterocycles. The molecule has 25 heavy (non-hydrogen) atoms. The first-order chi connectivity index (χ1) is 12.0. The first kappa shape index (κ1) is 18.1. The van der Waals surface area contributed by atoms with Crippen molar-refractivity contribution in [2.45, 2.75) is 0 Å². The summed E-state index contributed by atoms with van der Waals surface area (Å²) in [7, 11) is 5.67. The van der Waals surface area contributed by atoms with Crippen LogP contribution < -0.4 is 18.9 Å². The number of benzene rings is 2. The second kappa shape index (κ2) is 8.05. The van der Waals surface area contributed by atoms with E-state index in [2.05, 4.69) is 4.74 Å². The standard InChI is InChI=1S/C18H18O7/c1-21-14-10-16(23-3)15(22-2)9-13(14)18(20)25-12-7-5-11(6-8-12)17(19)24-4/h5-10H,1-4H3. The highest BCUT2D eigenvalue weighted by atomic mass is 16.5. The van der Waals surface area contributed by atoms with Gasteiger partial charge in [-0.1, -0.05) is 0 Å². The Bertz CT molecular complexity index is 766. The van der Waals surface area contributed by atoms with Crippen molar-refractivity contribution in [2.24, 2.45) is 0 Å². The predicted molar refractivity (Wildman–Crippen MR) is 88.8 cm³/mol. The number of carbonyl (C=O) groups excluding carboxylic acids is 2. The van der Waals surface area contributed by atoms with Crippen LogP contribution >= 0.6 is 0 Å². The van der Waals surface area contributed by atoms with Crippen molar-refractivity contribution in [3.05, 3.63) is 47.5 Å². The number of hydrogen-bond donors (Lipinski definition) is 0. The Hall–Kier alpha value is -3.22. The number of carbonyl (C=O) groups is 2. The molecular weight excluding hydrogens is 328 g/mol. The van der Waals surface area contributed by atoms with Crippen LogP contribution in [0.5, 0.6) is 23.0 Å². The zero-order chi connectivity index (χ0) is 18.4. The van der Waals surface area contributed by atoms with Crippen molar-refractivity contribution < 1.29 is 33.3 Å². The number of hydrogen-bond acceptors (Lipinski definition) is 7. The number of methoxy groups -OCH3 is 4. The molecule has 0 aliphatic rings. The van der Waals surface area contributed by atoms with E-state index in [-0.39, 0.29) is 17.1 Å². The summed E-state index contributed by atoms with van der Waals surface area (Å²) in [6.45, 7) is 0. The fourth-order valence-corrected chi connectivity index (χ4v) is 2.13. The third kappa shape index (κ3) is 4.00.